The molecule has 1 fully saturated rings. The van der Waals surface area contributed by atoms with Crippen LogP contribution in [0.3, 0.4) is 0 Å². The minimum absolute atomic E-state index is 0.0625. The molecule has 1 aliphatic heterocycles. The van der Waals surface area contributed by atoms with Gasteiger partial charge >= 0.3 is 0 Å². The fourth-order valence-corrected chi connectivity index (χ4v) is 3.54. The number of carbonyl (C=O) groups is 1. The van der Waals surface area contributed by atoms with E-state index in [1.54, 1.807) is 0 Å². The smallest absolute Gasteiger partial charge is 0.220 e. The molecule has 3 nitrogen and oxygen atoms in total. The van der Waals surface area contributed by atoms with Crippen molar-refractivity contribution >= 4 is 5.91 Å². The lowest BCUT2D eigenvalue weighted by atomic mass is 9.81. The van der Waals surface area contributed by atoms with E-state index >= 15 is 0 Å². The first-order chi connectivity index (χ1) is 10.1. The topological polar surface area (TPSA) is 46.3 Å². The minimum atomic E-state index is -0.0625. The summed E-state index contributed by atoms with van der Waals surface area (Å²) < 4.78 is 0. The highest BCUT2D eigenvalue weighted by Gasteiger charge is 2.28. The highest BCUT2D eigenvalue weighted by molar-refractivity contribution is 5.76. The maximum Gasteiger partial charge on any atom is 0.220 e. The lowest BCUT2D eigenvalue weighted by Crippen LogP contribution is -2.38. The molecule has 2 N–H and O–H groups in total. The van der Waals surface area contributed by atoms with Gasteiger partial charge in [-0.05, 0) is 45.3 Å². The van der Waals surface area contributed by atoms with Crippen molar-refractivity contribution in [3.8, 4) is 0 Å². The zero-order chi connectivity index (χ0) is 15.5. The summed E-state index contributed by atoms with van der Waals surface area (Å²) in [4.78, 5) is 14.1. The summed E-state index contributed by atoms with van der Waals surface area (Å²) in [7, 11) is 2.16. The second-order valence-electron chi connectivity index (χ2n) is 6.91. The van der Waals surface area contributed by atoms with Gasteiger partial charge in [0.05, 0.1) is 0 Å². The molecule has 1 amide bonds. The van der Waals surface area contributed by atoms with Crippen molar-refractivity contribution in [2.75, 3.05) is 20.1 Å². The number of likely N-dealkylation sites (tertiary alicyclic amines) is 1. The Labute approximate surface area is 131 Å². The summed E-state index contributed by atoms with van der Waals surface area (Å²) in [5, 5.41) is 0. The molecule has 0 saturated carbocycles. The van der Waals surface area contributed by atoms with E-state index in [9.17, 15) is 4.79 Å². The van der Waals surface area contributed by atoms with Crippen molar-refractivity contribution in [1.29, 1.82) is 0 Å². The predicted molar refractivity (Wildman–Crippen MR) is 90.1 cm³/mol. The number of hydrogen-bond acceptors (Lipinski definition) is 2. The van der Waals surface area contributed by atoms with Gasteiger partial charge in [-0.25, -0.2) is 0 Å². The van der Waals surface area contributed by atoms with Crippen molar-refractivity contribution in [2.24, 2.45) is 17.6 Å². The quantitative estimate of drug-likeness (QED) is 0.587. The SMILES string of the molecule is CCCCCCCCCCC(C(N)=O)C1CCN(C)CC1. The van der Waals surface area contributed by atoms with Crippen LogP contribution in [-0.2, 0) is 4.79 Å². The van der Waals surface area contributed by atoms with Crippen LogP contribution in [0.1, 0.15) is 77.6 Å². The molecular formula is C18H36N2O. The Morgan fingerprint density at radius 1 is 1.05 bits per heavy atom. The molecule has 21 heavy (non-hydrogen) atoms. The van der Waals surface area contributed by atoms with Crippen LogP contribution < -0.4 is 5.73 Å². The maximum atomic E-state index is 11.7. The van der Waals surface area contributed by atoms with Crippen LogP contribution in [0.2, 0.25) is 0 Å². The van der Waals surface area contributed by atoms with Crippen LogP contribution in [0.5, 0.6) is 0 Å². The zero-order valence-corrected chi connectivity index (χ0v) is 14.3. The monoisotopic (exact) mass is 296 g/mol. The van der Waals surface area contributed by atoms with Crippen LogP contribution in [0.25, 0.3) is 0 Å². The first kappa shape index (κ1) is 18.5. The van der Waals surface area contributed by atoms with Crippen LogP contribution in [0.15, 0.2) is 0 Å². The molecule has 0 aromatic carbocycles. The van der Waals surface area contributed by atoms with Gasteiger partial charge in [0.15, 0.2) is 0 Å². The molecule has 1 heterocycles. The lowest BCUT2D eigenvalue weighted by molar-refractivity contribution is -0.124. The molecule has 1 saturated heterocycles. The number of nitrogens with two attached hydrogens (primary N) is 1. The minimum Gasteiger partial charge on any atom is -0.369 e. The molecule has 124 valence electrons. The summed E-state index contributed by atoms with van der Waals surface area (Å²) in [6.07, 6.45) is 13.9. The molecule has 0 bridgehead atoms. The summed E-state index contributed by atoms with van der Waals surface area (Å²) in [6.45, 7) is 4.49. The molecule has 1 atom stereocenters. The van der Waals surface area contributed by atoms with Gasteiger partial charge in [0.1, 0.15) is 0 Å². The first-order valence-electron chi connectivity index (χ1n) is 9.13. The number of piperidine rings is 1. The number of hydrogen-bond donors (Lipinski definition) is 1. The zero-order valence-electron chi connectivity index (χ0n) is 14.3. The Morgan fingerprint density at radius 2 is 1.57 bits per heavy atom. The van der Waals surface area contributed by atoms with E-state index in [1.165, 1.54) is 51.4 Å². The largest absolute Gasteiger partial charge is 0.369 e. The van der Waals surface area contributed by atoms with Crippen molar-refractivity contribution in [1.82, 2.24) is 4.90 Å². The highest BCUT2D eigenvalue weighted by Crippen LogP contribution is 2.28. The van der Waals surface area contributed by atoms with E-state index in [2.05, 4.69) is 18.9 Å². The Hall–Kier alpha value is -0.570. The fourth-order valence-electron chi connectivity index (χ4n) is 3.54. The van der Waals surface area contributed by atoms with Gasteiger partial charge in [-0.2, -0.15) is 0 Å². The Morgan fingerprint density at radius 3 is 2.10 bits per heavy atom. The van der Waals surface area contributed by atoms with Gasteiger partial charge in [-0.1, -0.05) is 58.3 Å². The van der Waals surface area contributed by atoms with Crippen LogP contribution in [-0.4, -0.2) is 30.9 Å². The molecule has 3 heteroatoms. The first-order valence-corrected chi connectivity index (χ1v) is 9.13. The van der Waals surface area contributed by atoms with Crippen molar-refractivity contribution in [3.63, 3.8) is 0 Å². The molecule has 0 radical (unpaired) electrons. The third-order valence-electron chi connectivity index (χ3n) is 5.07. The van der Waals surface area contributed by atoms with E-state index in [0.717, 1.165) is 32.4 Å². The standard InChI is InChI=1S/C18H36N2O/c1-3-4-5-6-7-8-9-10-11-17(18(19)21)16-12-14-20(2)15-13-16/h16-17H,3-15H2,1-2H3,(H2,19,21). The average molecular weight is 296 g/mol. The second kappa shape index (κ2) is 11.1. The predicted octanol–water partition coefficient (Wildman–Crippen LogP) is 3.96. The number of unbranched alkanes of at least 4 members (excludes halogenated alkanes) is 7. The molecule has 1 unspecified atom stereocenters. The molecule has 0 aromatic heterocycles. The summed E-state index contributed by atoms with van der Waals surface area (Å²) in [5.74, 6) is 0.592. The molecule has 0 aliphatic carbocycles. The lowest BCUT2D eigenvalue weighted by Gasteiger charge is -2.33. The third-order valence-corrected chi connectivity index (χ3v) is 5.07. The molecule has 0 aromatic rings. The molecular weight excluding hydrogens is 260 g/mol. The number of carbonyl (C=O) groups excluding carboxylic acids is 1. The summed E-state index contributed by atoms with van der Waals surface area (Å²) in [5.41, 5.74) is 5.65. The molecule has 0 spiro atoms. The van der Waals surface area contributed by atoms with Crippen molar-refractivity contribution in [2.45, 2.75) is 77.6 Å². The van der Waals surface area contributed by atoms with Gasteiger partial charge in [-0.15, -0.1) is 0 Å². The number of rotatable bonds is 11. The van der Waals surface area contributed by atoms with Crippen LogP contribution in [0, 0.1) is 11.8 Å². The summed E-state index contributed by atoms with van der Waals surface area (Å²) in [6, 6.07) is 0. The molecule has 1 rings (SSSR count). The Balaban J connectivity index is 2.13. The summed E-state index contributed by atoms with van der Waals surface area (Å²) >= 11 is 0. The molecule has 1 aliphatic rings. The number of primary amides is 1. The van der Waals surface area contributed by atoms with E-state index in [4.69, 9.17) is 5.73 Å². The van der Waals surface area contributed by atoms with Crippen LogP contribution in [0.4, 0.5) is 0 Å². The van der Waals surface area contributed by atoms with Gasteiger partial charge in [0.2, 0.25) is 5.91 Å². The van der Waals surface area contributed by atoms with Crippen molar-refractivity contribution in [3.05, 3.63) is 0 Å². The Bertz CT molecular complexity index is 272. The third kappa shape index (κ3) is 7.85. The van der Waals surface area contributed by atoms with E-state index in [-0.39, 0.29) is 11.8 Å². The number of amides is 1. The van der Waals surface area contributed by atoms with Crippen molar-refractivity contribution < 1.29 is 4.79 Å². The van der Waals surface area contributed by atoms with E-state index < -0.39 is 0 Å². The van der Waals surface area contributed by atoms with E-state index in [0.29, 0.717) is 5.92 Å². The van der Waals surface area contributed by atoms with E-state index in [1.807, 2.05) is 0 Å². The second-order valence-corrected chi connectivity index (χ2v) is 6.91. The maximum absolute atomic E-state index is 11.7. The van der Waals surface area contributed by atoms with Gasteiger partial charge in [0, 0.05) is 5.92 Å². The normalized spacial score (nSPS) is 18.8. The van der Waals surface area contributed by atoms with Gasteiger partial charge in [0.25, 0.3) is 0 Å². The fraction of sp³-hybridized carbons (Fsp3) is 0.944. The number of nitrogens with zero attached hydrogens (tertiary/aromatic N) is 1. The average Bonchev–Trinajstić information content (AvgIpc) is 2.47. The van der Waals surface area contributed by atoms with Gasteiger partial charge < -0.3 is 10.6 Å². The highest BCUT2D eigenvalue weighted by atomic mass is 16.1. The van der Waals surface area contributed by atoms with Gasteiger partial charge in [-0.3, -0.25) is 4.79 Å². The van der Waals surface area contributed by atoms with Crippen LogP contribution >= 0.6 is 0 Å². The Kier molecular flexibility index (Phi) is 9.73.